The SMILES string of the molecule is COc1ccc(C2CC(C(F)(F)F)n3nc(C(=O)N4CCN(C56CC7CC(CC(C7)C5)C6)CC4)cc3N2)cc1OC. The minimum Gasteiger partial charge on any atom is -0.493 e. The van der Waals surface area contributed by atoms with E-state index in [0.29, 0.717) is 35.7 Å². The lowest BCUT2D eigenvalue weighted by molar-refractivity contribution is -0.173. The van der Waals surface area contributed by atoms with Gasteiger partial charge in [0.05, 0.1) is 20.3 Å². The number of rotatable bonds is 5. The molecule has 2 unspecified atom stereocenters. The Morgan fingerprint density at radius 1 is 0.927 bits per heavy atom. The molecule has 0 radical (unpaired) electrons. The summed E-state index contributed by atoms with van der Waals surface area (Å²) in [5, 5.41) is 7.41. The number of aromatic nitrogens is 2. The van der Waals surface area contributed by atoms with Gasteiger partial charge in [-0.25, -0.2) is 4.68 Å². The van der Waals surface area contributed by atoms with Gasteiger partial charge >= 0.3 is 6.18 Å². The molecule has 11 heteroatoms. The number of hydrogen-bond donors (Lipinski definition) is 1. The number of carbonyl (C=O) groups excluding carboxylic acids is 1. The van der Waals surface area contributed by atoms with Crippen LogP contribution >= 0.6 is 0 Å². The third-order valence-electron chi connectivity index (χ3n) is 10.5. The fourth-order valence-corrected chi connectivity index (χ4v) is 8.96. The van der Waals surface area contributed by atoms with Crippen LogP contribution in [0.1, 0.15) is 73.1 Å². The van der Waals surface area contributed by atoms with Gasteiger partial charge in [0.25, 0.3) is 5.91 Å². The number of methoxy groups -OCH3 is 2. The van der Waals surface area contributed by atoms with Crippen LogP contribution in [0.15, 0.2) is 24.3 Å². The minimum atomic E-state index is -4.53. The van der Waals surface area contributed by atoms with E-state index in [1.807, 2.05) is 0 Å². The lowest BCUT2D eigenvalue weighted by Gasteiger charge is -2.61. The number of fused-ring (bicyclic) bond motifs is 1. The van der Waals surface area contributed by atoms with Crippen molar-refractivity contribution in [2.24, 2.45) is 17.8 Å². The molecule has 4 aliphatic carbocycles. The quantitative estimate of drug-likeness (QED) is 0.525. The van der Waals surface area contributed by atoms with Gasteiger partial charge in [-0.3, -0.25) is 9.69 Å². The molecule has 1 amide bonds. The van der Waals surface area contributed by atoms with Crippen LogP contribution in [0.2, 0.25) is 0 Å². The number of amides is 1. The number of alkyl halides is 3. The molecule has 2 aromatic rings. The van der Waals surface area contributed by atoms with Gasteiger partial charge in [0.15, 0.2) is 23.2 Å². The number of anilines is 1. The average Bonchev–Trinajstić information content (AvgIpc) is 3.39. The van der Waals surface area contributed by atoms with Crippen molar-refractivity contribution >= 4 is 11.7 Å². The van der Waals surface area contributed by atoms with Gasteiger partial charge in [0.1, 0.15) is 5.82 Å². The Bertz CT molecular complexity index is 1280. The smallest absolute Gasteiger partial charge is 0.410 e. The number of halogens is 3. The summed E-state index contributed by atoms with van der Waals surface area (Å²) in [6.45, 7) is 2.78. The molecule has 1 saturated heterocycles. The summed E-state index contributed by atoms with van der Waals surface area (Å²) in [5.41, 5.74) is 0.983. The normalized spacial score (nSPS) is 32.9. The molecule has 222 valence electrons. The summed E-state index contributed by atoms with van der Waals surface area (Å²) in [7, 11) is 3.00. The molecular weight excluding hydrogens is 535 g/mol. The fraction of sp³-hybridized carbons (Fsp3) is 0.667. The van der Waals surface area contributed by atoms with E-state index >= 15 is 0 Å². The first-order valence-corrected chi connectivity index (χ1v) is 14.8. The Hall–Kier alpha value is -2.95. The second-order valence-corrected chi connectivity index (χ2v) is 12.9. The number of nitrogens with zero attached hydrogens (tertiary/aromatic N) is 4. The zero-order chi connectivity index (χ0) is 28.5. The number of nitrogens with one attached hydrogen (secondary N) is 1. The van der Waals surface area contributed by atoms with Gasteiger partial charge in [-0.2, -0.15) is 18.3 Å². The molecule has 1 aromatic carbocycles. The largest absolute Gasteiger partial charge is 0.493 e. The molecular formula is C30H38F3N5O3. The molecule has 41 heavy (non-hydrogen) atoms. The van der Waals surface area contributed by atoms with Crippen molar-refractivity contribution < 1.29 is 27.4 Å². The predicted octanol–water partition coefficient (Wildman–Crippen LogP) is 5.29. The molecule has 1 N–H and O–H groups in total. The summed E-state index contributed by atoms with van der Waals surface area (Å²) in [6.07, 6.45) is 3.24. The maximum atomic E-state index is 14.3. The van der Waals surface area contributed by atoms with Crippen molar-refractivity contribution in [3.8, 4) is 11.5 Å². The molecule has 2 aliphatic heterocycles. The van der Waals surface area contributed by atoms with Crippen LogP contribution in [0, 0.1) is 17.8 Å². The highest BCUT2D eigenvalue weighted by Gasteiger charge is 2.54. The summed E-state index contributed by atoms with van der Waals surface area (Å²) in [5.74, 6) is 3.40. The van der Waals surface area contributed by atoms with Gasteiger partial charge in [-0.05, 0) is 74.0 Å². The van der Waals surface area contributed by atoms with Crippen molar-refractivity contribution in [1.29, 1.82) is 0 Å². The molecule has 5 fully saturated rings. The maximum Gasteiger partial charge on any atom is 0.410 e. The van der Waals surface area contributed by atoms with E-state index in [-0.39, 0.29) is 23.8 Å². The number of hydrogen-bond acceptors (Lipinski definition) is 6. The van der Waals surface area contributed by atoms with E-state index < -0.39 is 18.3 Å². The zero-order valence-corrected chi connectivity index (χ0v) is 23.6. The van der Waals surface area contributed by atoms with Crippen LogP contribution in [0.3, 0.4) is 0 Å². The Morgan fingerprint density at radius 3 is 2.15 bits per heavy atom. The third kappa shape index (κ3) is 4.64. The molecule has 8 nitrogen and oxygen atoms in total. The highest BCUT2D eigenvalue weighted by atomic mass is 19.4. The van der Waals surface area contributed by atoms with Crippen LogP contribution < -0.4 is 14.8 Å². The van der Waals surface area contributed by atoms with E-state index in [2.05, 4.69) is 15.3 Å². The molecule has 4 saturated carbocycles. The first-order chi connectivity index (χ1) is 19.7. The second-order valence-electron chi connectivity index (χ2n) is 12.9. The first kappa shape index (κ1) is 26.9. The first-order valence-electron chi connectivity index (χ1n) is 14.8. The third-order valence-corrected chi connectivity index (χ3v) is 10.5. The number of benzene rings is 1. The monoisotopic (exact) mass is 573 g/mol. The lowest BCUT2D eigenvalue weighted by atomic mass is 9.52. The van der Waals surface area contributed by atoms with Crippen LogP contribution in [0.5, 0.6) is 11.5 Å². The Kier molecular flexibility index (Phi) is 6.44. The van der Waals surface area contributed by atoms with Gasteiger partial charge in [0.2, 0.25) is 0 Å². The minimum absolute atomic E-state index is 0.0537. The Balaban J connectivity index is 1.08. The molecule has 3 heterocycles. The van der Waals surface area contributed by atoms with E-state index in [9.17, 15) is 18.0 Å². The van der Waals surface area contributed by atoms with Crippen LogP contribution in [0.4, 0.5) is 19.0 Å². The Labute approximate surface area is 238 Å². The van der Waals surface area contributed by atoms with Crippen molar-refractivity contribution in [3.05, 3.63) is 35.5 Å². The van der Waals surface area contributed by atoms with Crippen molar-refractivity contribution in [2.45, 2.75) is 68.7 Å². The van der Waals surface area contributed by atoms with Gasteiger partial charge in [-0.15, -0.1) is 0 Å². The summed E-state index contributed by atoms with van der Waals surface area (Å²) in [6, 6.07) is 4.07. The zero-order valence-electron chi connectivity index (χ0n) is 23.6. The maximum absolute atomic E-state index is 14.3. The van der Waals surface area contributed by atoms with Crippen molar-refractivity contribution in [1.82, 2.24) is 19.6 Å². The van der Waals surface area contributed by atoms with E-state index in [0.717, 1.165) is 35.5 Å². The number of ether oxygens (including phenoxy) is 2. The summed E-state index contributed by atoms with van der Waals surface area (Å²) >= 11 is 0. The van der Waals surface area contributed by atoms with Crippen molar-refractivity contribution in [3.63, 3.8) is 0 Å². The van der Waals surface area contributed by atoms with Gasteiger partial charge in [0, 0.05) is 44.2 Å². The molecule has 2 atom stereocenters. The lowest BCUT2D eigenvalue weighted by Crippen LogP contribution is -2.64. The fourth-order valence-electron chi connectivity index (χ4n) is 8.96. The number of piperazine rings is 1. The van der Waals surface area contributed by atoms with Gasteiger partial charge in [-0.1, -0.05) is 6.07 Å². The molecule has 0 spiro atoms. The topological polar surface area (TPSA) is 71.9 Å². The summed E-state index contributed by atoms with van der Waals surface area (Å²) in [4.78, 5) is 17.9. The van der Waals surface area contributed by atoms with E-state index in [4.69, 9.17) is 9.47 Å². The standard InChI is InChI=1S/C30H38F3N5O3/c1-40-24-4-3-21(12-25(24)41-2)22-13-26(30(31,32)33)38-27(34-22)14-23(35-38)28(39)36-5-7-37(8-6-36)29-15-18-9-19(16-29)11-20(10-18)17-29/h3-4,12,14,18-20,22,26,34H,5-11,13,15-17H2,1-2H3. The summed E-state index contributed by atoms with van der Waals surface area (Å²) < 4.78 is 54.4. The van der Waals surface area contributed by atoms with Crippen LogP contribution in [-0.4, -0.2) is 77.6 Å². The second kappa shape index (κ2) is 9.81. The highest BCUT2D eigenvalue weighted by molar-refractivity contribution is 5.93. The molecule has 6 aliphatic rings. The van der Waals surface area contributed by atoms with E-state index in [1.54, 1.807) is 23.1 Å². The Morgan fingerprint density at radius 2 is 1.56 bits per heavy atom. The van der Waals surface area contributed by atoms with Crippen LogP contribution in [0.25, 0.3) is 0 Å². The van der Waals surface area contributed by atoms with Crippen LogP contribution in [-0.2, 0) is 0 Å². The number of carbonyl (C=O) groups is 1. The highest BCUT2D eigenvalue weighted by Crippen LogP contribution is 2.58. The molecule has 1 aromatic heterocycles. The van der Waals surface area contributed by atoms with E-state index in [1.165, 1.54) is 58.8 Å². The average molecular weight is 574 g/mol. The van der Waals surface area contributed by atoms with Gasteiger partial charge < -0.3 is 19.7 Å². The molecule has 4 bridgehead atoms. The van der Waals surface area contributed by atoms with Crippen molar-refractivity contribution in [2.75, 3.05) is 45.7 Å². The molecule has 8 rings (SSSR count). The predicted molar refractivity (Wildman–Crippen MR) is 146 cm³/mol.